The lowest BCUT2D eigenvalue weighted by Crippen LogP contribution is -2.33. The van der Waals surface area contributed by atoms with E-state index in [4.69, 9.17) is 5.73 Å². The van der Waals surface area contributed by atoms with Crippen molar-refractivity contribution in [2.45, 2.75) is 0 Å². The van der Waals surface area contributed by atoms with Gasteiger partial charge in [-0.3, -0.25) is 4.79 Å². The average molecular weight is 175 g/mol. The van der Waals surface area contributed by atoms with Crippen molar-refractivity contribution in [2.24, 2.45) is 5.73 Å². The summed E-state index contributed by atoms with van der Waals surface area (Å²) < 4.78 is 0. The summed E-state index contributed by atoms with van der Waals surface area (Å²) in [6.07, 6.45) is 1.33. The smallest absolute Gasteiger partial charge is 0.258 e. The topological polar surface area (TPSA) is 67.1 Å². The number of hydrogen-bond acceptors (Lipinski definition) is 3. The number of carbonyl (C=O) groups is 1. The monoisotopic (exact) mass is 175 g/mol. The highest BCUT2D eigenvalue weighted by Gasteiger charge is 2.17. The van der Waals surface area contributed by atoms with Crippen LogP contribution in [-0.4, -0.2) is 5.91 Å². The fourth-order valence-corrected chi connectivity index (χ4v) is 1.24. The number of fused-ring (bicyclic) bond motifs is 1. The van der Waals surface area contributed by atoms with E-state index in [0.717, 1.165) is 5.69 Å². The summed E-state index contributed by atoms with van der Waals surface area (Å²) in [7, 11) is 0. The van der Waals surface area contributed by atoms with Gasteiger partial charge >= 0.3 is 0 Å². The van der Waals surface area contributed by atoms with Gasteiger partial charge in [0.15, 0.2) is 0 Å². The van der Waals surface area contributed by atoms with Gasteiger partial charge in [0, 0.05) is 6.20 Å². The zero-order chi connectivity index (χ0) is 9.26. The summed E-state index contributed by atoms with van der Waals surface area (Å²) in [6.45, 7) is 0. The second-order valence-electron chi connectivity index (χ2n) is 2.71. The minimum absolute atomic E-state index is 0.133. The standard InChI is InChI=1S/C9H9N3O/c10-5-8-11-7-4-2-1-3-6(7)9(13)12-8/h1-5,11H,10H2,(H,12,13). The summed E-state index contributed by atoms with van der Waals surface area (Å²) in [6, 6.07) is 7.26. The van der Waals surface area contributed by atoms with Crippen LogP contribution in [0.5, 0.6) is 0 Å². The van der Waals surface area contributed by atoms with Gasteiger partial charge in [-0.05, 0) is 12.1 Å². The van der Waals surface area contributed by atoms with Crippen LogP contribution in [0.2, 0.25) is 0 Å². The molecule has 0 saturated carbocycles. The molecular formula is C9H9N3O. The Morgan fingerprint density at radius 1 is 1.23 bits per heavy atom. The number of amides is 1. The number of para-hydroxylation sites is 1. The maximum Gasteiger partial charge on any atom is 0.258 e. The third-order valence-corrected chi connectivity index (χ3v) is 1.86. The van der Waals surface area contributed by atoms with Crippen molar-refractivity contribution in [3.63, 3.8) is 0 Å². The SMILES string of the molecule is NC=C1NC(=O)c2ccccc2N1. The highest BCUT2D eigenvalue weighted by molar-refractivity contribution is 6.03. The normalized spacial score (nSPS) is 17.5. The number of nitrogens with one attached hydrogen (secondary N) is 2. The highest BCUT2D eigenvalue weighted by Crippen LogP contribution is 2.19. The molecule has 0 aliphatic carbocycles. The van der Waals surface area contributed by atoms with Crippen LogP contribution in [0, 0.1) is 0 Å². The highest BCUT2D eigenvalue weighted by atomic mass is 16.1. The molecule has 1 amide bonds. The molecule has 0 radical (unpaired) electrons. The zero-order valence-electron chi connectivity index (χ0n) is 6.87. The van der Waals surface area contributed by atoms with E-state index in [1.54, 1.807) is 6.07 Å². The van der Waals surface area contributed by atoms with E-state index in [0.29, 0.717) is 11.4 Å². The summed E-state index contributed by atoms with van der Waals surface area (Å²) in [5, 5.41) is 5.59. The predicted molar refractivity (Wildman–Crippen MR) is 49.8 cm³/mol. The molecule has 13 heavy (non-hydrogen) atoms. The Kier molecular flexibility index (Phi) is 1.66. The van der Waals surface area contributed by atoms with Gasteiger partial charge in [-0.25, -0.2) is 0 Å². The molecule has 0 aromatic heterocycles. The Morgan fingerprint density at radius 3 is 2.77 bits per heavy atom. The van der Waals surface area contributed by atoms with Crippen LogP contribution in [0.25, 0.3) is 0 Å². The van der Waals surface area contributed by atoms with Crippen molar-refractivity contribution >= 4 is 11.6 Å². The number of carbonyl (C=O) groups excluding carboxylic acids is 1. The Bertz CT molecular complexity index is 384. The Labute approximate surface area is 75.4 Å². The van der Waals surface area contributed by atoms with Gasteiger partial charge in [-0.2, -0.15) is 0 Å². The summed E-state index contributed by atoms with van der Waals surface area (Å²) >= 11 is 0. The predicted octanol–water partition coefficient (Wildman–Crippen LogP) is 0.599. The van der Waals surface area contributed by atoms with E-state index in [2.05, 4.69) is 10.6 Å². The Balaban J connectivity index is 2.48. The minimum Gasteiger partial charge on any atom is -0.402 e. The van der Waals surface area contributed by atoms with Crippen LogP contribution in [0.15, 0.2) is 36.3 Å². The molecule has 1 aromatic carbocycles. The molecule has 0 atom stereocenters. The largest absolute Gasteiger partial charge is 0.402 e. The van der Waals surface area contributed by atoms with Crippen molar-refractivity contribution in [3.8, 4) is 0 Å². The number of nitrogens with two attached hydrogens (primary N) is 1. The van der Waals surface area contributed by atoms with Crippen LogP contribution >= 0.6 is 0 Å². The van der Waals surface area contributed by atoms with E-state index in [9.17, 15) is 4.79 Å². The lowest BCUT2D eigenvalue weighted by Gasteiger charge is -2.20. The fourth-order valence-electron chi connectivity index (χ4n) is 1.24. The molecule has 1 aliphatic heterocycles. The molecule has 0 saturated heterocycles. The first-order valence-electron chi connectivity index (χ1n) is 3.90. The Hall–Kier alpha value is -1.97. The number of anilines is 1. The molecule has 1 aromatic rings. The van der Waals surface area contributed by atoms with Gasteiger partial charge in [0.05, 0.1) is 11.3 Å². The van der Waals surface area contributed by atoms with Crippen molar-refractivity contribution in [2.75, 3.05) is 5.32 Å². The first kappa shape index (κ1) is 7.67. The fraction of sp³-hybridized carbons (Fsp3) is 0. The Morgan fingerprint density at radius 2 is 2.00 bits per heavy atom. The molecule has 66 valence electrons. The second-order valence-corrected chi connectivity index (χ2v) is 2.71. The van der Waals surface area contributed by atoms with Crippen molar-refractivity contribution in [1.82, 2.24) is 5.32 Å². The lowest BCUT2D eigenvalue weighted by atomic mass is 10.1. The van der Waals surface area contributed by atoms with Crippen LogP contribution < -0.4 is 16.4 Å². The molecule has 0 fully saturated rings. The van der Waals surface area contributed by atoms with Crippen LogP contribution in [0.4, 0.5) is 5.69 Å². The molecule has 1 heterocycles. The summed E-state index contributed by atoms with van der Waals surface area (Å²) in [5.41, 5.74) is 6.70. The molecule has 0 bridgehead atoms. The summed E-state index contributed by atoms with van der Waals surface area (Å²) in [5.74, 6) is 0.384. The first-order valence-corrected chi connectivity index (χ1v) is 3.90. The van der Waals surface area contributed by atoms with Gasteiger partial charge in [-0.1, -0.05) is 12.1 Å². The molecular weight excluding hydrogens is 166 g/mol. The van der Waals surface area contributed by atoms with Crippen LogP contribution in [0.3, 0.4) is 0 Å². The van der Waals surface area contributed by atoms with E-state index in [1.165, 1.54) is 6.20 Å². The molecule has 0 spiro atoms. The molecule has 0 unspecified atom stereocenters. The van der Waals surface area contributed by atoms with E-state index < -0.39 is 0 Å². The quantitative estimate of drug-likeness (QED) is 0.541. The van der Waals surface area contributed by atoms with E-state index >= 15 is 0 Å². The second kappa shape index (κ2) is 2.82. The van der Waals surface area contributed by atoms with Gasteiger partial charge in [-0.15, -0.1) is 0 Å². The van der Waals surface area contributed by atoms with E-state index in [1.807, 2.05) is 18.2 Å². The van der Waals surface area contributed by atoms with Gasteiger partial charge in [0.25, 0.3) is 5.91 Å². The van der Waals surface area contributed by atoms with Gasteiger partial charge < -0.3 is 16.4 Å². The van der Waals surface area contributed by atoms with Crippen molar-refractivity contribution < 1.29 is 4.79 Å². The average Bonchev–Trinajstić information content (AvgIpc) is 2.18. The van der Waals surface area contributed by atoms with Gasteiger partial charge in [0.1, 0.15) is 5.82 Å². The molecule has 1 aliphatic rings. The van der Waals surface area contributed by atoms with Crippen LogP contribution in [-0.2, 0) is 0 Å². The third-order valence-electron chi connectivity index (χ3n) is 1.86. The van der Waals surface area contributed by atoms with E-state index in [-0.39, 0.29) is 5.91 Å². The van der Waals surface area contributed by atoms with Gasteiger partial charge in [0.2, 0.25) is 0 Å². The molecule has 2 rings (SSSR count). The minimum atomic E-state index is -0.133. The lowest BCUT2D eigenvalue weighted by molar-refractivity contribution is 0.0963. The molecule has 4 heteroatoms. The zero-order valence-corrected chi connectivity index (χ0v) is 6.87. The first-order chi connectivity index (χ1) is 6.31. The third kappa shape index (κ3) is 1.22. The maximum absolute atomic E-state index is 11.4. The summed E-state index contributed by atoms with van der Waals surface area (Å²) in [4.78, 5) is 11.4. The number of hydrogen-bond donors (Lipinski definition) is 3. The van der Waals surface area contributed by atoms with Crippen molar-refractivity contribution in [3.05, 3.63) is 41.8 Å². The van der Waals surface area contributed by atoms with Crippen LogP contribution in [0.1, 0.15) is 10.4 Å². The molecule has 4 nitrogen and oxygen atoms in total. The molecule has 4 N–H and O–H groups in total. The van der Waals surface area contributed by atoms with Crippen molar-refractivity contribution in [1.29, 1.82) is 0 Å². The number of benzene rings is 1. The number of rotatable bonds is 0. The maximum atomic E-state index is 11.4.